The van der Waals surface area contributed by atoms with Crippen LogP contribution in [0.5, 0.6) is 0 Å². The van der Waals surface area contributed by atoms with E-state index >= 15 is 0 Å². The first-order valence-electron chi connectivity index (χ1n) is 6.79. The van der Waals surface area contributed by atoms with Gasteiger partial charge in [-0.25, -0.2) is 4.79 Å². The first-order valence-corrected chi connectivity index (χ1v) is 6.79. The highest BCUT2D eigenvalue weighted by Gasteiger charge is 2.06. The Labute approximate surface area is 128 Å². The minimum atomic E-state index is -0.413. The van der Waals surface area contributed by atoms with E-state index in [1.54, 1.807) is 24.3 Å². The highest BCUT2D eigenvalue weighted by Crippen LogP contribution is 2.10. The molecule has 2 aromatic carbocycles. The summed E-state index contributed by atoms with van der Waals surface area (Å²) in [6, 6.07) is 16.1. The fraction of sp³-hybridized carbons (Fsp3) is 0.176. The summed E-state index contributed by atoms with van der Waals surface area (Å²) in [5, 5.41) is 2.70. The number of hydrogen-bond donors (Lipinski definition) is 1. The highest BCUT2D eigenvalue weighted by atomic mass is 16.5. The molecule has 5 heteroatoms. The minimum absolute atomic E-state index is 0.0341. The lowest BCUT2D eigenvalue weighted by atomic mass is 10.2. The number of esters is 1. The molecule has 0 saturated carbocycles. The van der Waals surface area contributed by atoms with Crippen molar-refractivity contribution in [3.05, 3.63) is 65.7 Å². The van der Waals surface area contributed by atoms with E-state index < -0.39 is 5.97 Å². The van der Waals surface area contributed by atoms with Crippen LogP contribution in [0.2, 0.25) is 0 Å². The Morgan fingerprint density at radius 1 is 1.00 bits per heavy atom. The Balaban J connectivity index is 1.78. The SMILES string of the molecule is COC(=O)c1ccc(NC(=O)COCc2ccccc2)cc1. The van der Waals surface area contributed by atoms with Gasteiger partial charge >= 0.3 is 5.97 Å². The molecule has 0 saturated heterocycles. The van der Waals surface area contributed by atoms with Crippen LogP contribution in [0.3, 0.4) is 0 Å². The van der Waals surface area contributed by atoms with Gasteiger partial charge in [0.2, 0.25) is 5.91 Å². The van der Waals surface area contributed by atoms with Gasteiger partial charge in [0.1, 0.15) is 6.61 Å². The van der Waals surface area contributed by atoms with E-state index in [1.165, 1.54) is 7.11 Å². The number of carbonyl (C=O) groups excluding carboxylic acids is 2. The molecule has 0 heterocycles. The van der Waals surface area contributed by atoms with E-state index in [4.69, 9.17) is 4.74 Å². The summed E-state index contributed by atoms with van der Waals surface area (Å²) < 4.78 is 9.95. The number of amides is 1. The molecule has 0 aliphatic rings. The molecular weight excluding hydrogens is 282 g/mol. The molecule has 0 fully saturated rings. The first kappa shape index (κ1) is 15.7. The van der Waals surface area contributed by atoms with Crippen LogP contribution in [0.25, 0.3) is 0 Å². The molecule has 0 aromatic heterocycles. The molecule has 2 rings (SSSR count). The molecule has 5 nitrogen and oxygen atoms in total. The maximum Gasteiger partial charge on any atom is 0.337 e. The van der Waals surface area contributed by atoms with Crippen LogP contribution in [0, 0.1) is 0 Å². The molecule has 0 spiro atoms. The molecule has 0 atom stereocenters. The van der Waals surface area contributed by atoms with Gasteiger partial charge in [-0.3, -0.25) is 4.79 Å². The number of rotatable bonds is 6. The van der Waals surface area contributed by atoms with Crippen molar-refractivity contribution >= 4 is 17.6 Å². The summed E-state index contributed by atoms with van der Waals surface area (Å²) in [5.74, 6) is -0.661. The number of methoxy groups -OCH3 is 1. The Morgan fingerprint density at radius 3 is 2.32 bits per heavy atom. The predicted molar refractivity (Wildman–Crippen MR) is 82.5 cm³/mol. The van der Waals surface area contributed by atoms with Crippen molar-refractivity contribution in [2.75, 3.05) is 19.0 Å². The van der Waals surface area contributed by atoms with Gasteiger partial charge in [0.15, 0.2) is 0 Å². The third-order valence-corrected chi connectivity index (χ3v) is 2.93. The van der Waals surface area contributed by atoms with Crippen molar-refractivity contribution < 1.29 is 19.1 Å². The van der Waals surface area contributed by atoms with Crippen molar-refractivity contribution in [1.29, 1.82) is 0 Å². The second-order valence-electron chi connectivity index (χ2n) is 4.60. The van der Waals surface area contributed by atoms with Gasteiger partial charge in [-0.2, -0.15) is 0 Å². The maximum absolute atomic E-state index is 11.7. The van der Waals surface area contributed by atoms with Crippen LogP contribution >= 0.6 is 0 Å². The number of ether oxygens (including phenoxy) is 2. The van der Waals surface area contributed by atoms with Crippen molar-refractivity contribution in [1.82, 2.24) is 0 Å². The van der Waals surface area contributed by atoms with Crippen LogP contribution in [0.1, 0.15) is 15.9 Å². The zero-order valence-corrected chi connectivity index (χ0v) is 12.2. The summed E-state index contributed by atoms with van der Waals surface area (Å²) in [5.41, 5.74) is 2.04. The molecule has 0 unspecified atom stereocenters. The van der Waals surface area contributed by atoms with Crippen LogP contribution in [-0.4, -0.2) is 25.6 Å². The van der Waals surface area contributed by atoms with E-state index in [2.05, 4.69) is 10.1 Å². The van der Waals surface area contributed by atoms with E-state index in [0.717, 1.165) is 5.56 Å². The Bertz CT molecular complexity index is 623. The normalized spacial score (nSPS) is 10.0. The second kappa shape index (κ2) is 7.95. The predicted octanol–water partition coefficient (Wildman–Crippen LogP) is 2.63. The summed E-state index contributed by atoms with van der Waals surface area (Å²) in [6.07, 6.45) is 0. The standard InChI is InChI=1S/C17H17NO4/c1-21-17(20)14-7-9-15(10-8-14)18-16(19)12-22-11-13-5-3-2-4-6-13/h2-10H,11-12H2,1H3,(H,18,19). The lowest BCUT2D eigenvalue weighted by molar-refractivity contribution is -0.121. The molecule has 0 bridgehead atoms. The Kier molecular flexibility index (Phi) is 5.68. The lowest BCUT2D eigenvalue weighted by Gasteiger charge is -2.07. The number of hydrogen-bond acceptors (Lipinski definition) is 4. The average molecular weight is 299 g/mol. The van der Waals surface area contributed by atoms with E-state index in [-0.39, 0.29) is 12.5 Å². The van der Waals surface area contributed by atoms with Gasteiger partial charge < -0.3 is 14.8 Å². The molecule has 1 N–H and O–H groups in total. The summed E-state index contributed by atoms with van der Waals surface area (Å²) in [6.45, 7) is 0.350. The monoisotopic (exact) mass is 299 g/mol. The van der Waals surface area contributed by atoms with Crippen molar-refractivity contribution in [2.45, 2.75) is 6.61 Å². The van der Waals surface area contributed by atoms with E-state index in [0.29, 0.717) is 17.9 Å². The van der Waals surface area contributed by atoms with Gasteiger partial charge in [0.25, 0.3) is 0 Å². The van der Waals surface area contributed by atoms with Crippen LogP contribution in [-0.2, 0) is 20.9 Å². The zero-order chi connectivity index (χ0) is 15.8. The van der Waals surface area contributed by atoms with Gasteiger partial charge in [0.05, 0.1) is 19.3 Å². The molecule has 22 heavy (non-hydrogen) atoms. The van der Waals surface area contributed by atoms with Crippen LogP contribution in [0.4, 0.5) is 5.69 Å². The number of nitrogens with one attached hydrogen (secondary N) is 1. The van der Waals surface area contributed by atoms with Crippen LogP contribution in [0.15, 0.2) is 54.6 Å². The highest BCUT2D eigenvalue weighted by molar-refractivity contribution is 5.93. The molecular formula is C17H17NO4. The molecule has 114 valence electrons. The molecule has 2 aromatic rings. The number of carbonyl (C=O) groups is 2. The summed E-state index contributed by atoms with van der Waals surface area (Å²) >= 11 is 0. The third kappa shape index (κ3) is 4.71. The van der Waals surface area contributed by atoms with E-state index in [9.17, 15) is 9.59 Å². The average Bonchev–Trinajstić information content (AvgIpc) is 2.56. The Morgan fingerprint density at radius 2 is 1.68 bits per heavy atom. The maximum atomic E-state index is 11.7. The largest absolute Gasteiger partial charge is 0.465 e. The van der Waals surface area contributed by atoms with Gasteiger partial charge in [-0.1, -0.05) is 30.3 Å². The van der Waals surface area contributed by atoms with Crippen molar-refractivity contribution in [3.63, 3.8) is 0 Å². The molecule has 0 aliphatic heterocycles. The third-order valence-electron chi connectivity index (χ3n) is 2.93. The molecule has 0 radical (unpaired) electrons. The van der Waals surface area contributed by atoms with Crippen molar-refractivity contribution in [3.8, 4) is 0 Å². The number of benzene rings is 2. The fourth-order valence-corrected chi connectivity index (χ4v) is 1.84. The second-order valence-corrected chi connectivity index (χ2v) is 4.60. The smallest absolute Gasteiger partial charge is 0.337 e. The quantitative estimate of drug-likeness (QED) is 0.833. The summed E-state index contributed by atoms with van der Waals surface area (Å²) in [7, 11) is 1.32. The topological polar surface area (TPSA) is 64.6 Å². The van der Waals surface area contributed by atoms with E-state index in [1.807, 2.05) is 30.3 Å². The minimum Gasteiger partial charge on any atom is -0.465 e. The zero-order valence-electron chi connectivity index (χ0n) is 12.2. The first-order chi connectivity index (χ1) is 10.7. The summed E-state index contributed by atoms with van der Waals surface area (Å²) in [4.78, 5) is 23.0. The van der Waals surface area contributed by atoms with Gasteiger partial charge in [-0.05, 0) is 29.8 Å². The van der Waals surface area contributed by atoms with Gasteiger partial charge in [-0.15, -0.1) is 0 Å². The number of anilines is 1. The van der Waals surface area contributed by atoms with Crippen LogP contribution < -0.4 is 5.32 Å². The Hall–Kier alpha value is -2.66. The lowest BCUT2D eigenvalue weighted by Crippen LogP contribution is -2.18. The fourth-order valence-electron chi connectivity index (χ4n) is 1.84. The molecule has 0 aliphatic carbocycles. The molecule has 1 amide bonds. The van der Waals surface area contributed by atoms with Crippen molar-refractivity contribution in [2.24, 2.45) is 0 Å². The van der Waals surface area contributed by atoms with Gasteiger partial charge in [0, 0.05) is 5.69 Å².